The second kappa shape index (κ2) is 9.46. The average Bonchev–Trinajstić information content (AvgIpc) is 2.24. The summed E-state index contributed by atoms with van der Waals surface area (Å²) in [5.74, 6) is -0.833. The summed E-state index contributed by atoms with van der Waals surface area (Å²) in [6.07, 6.45) is -5.91. The molecular weight excluding hydrogens is 222 g/mol. The number of carboxylic acids is 1. The van der Waals surface area contributed by atoms with Gasteiger partial charge in [0.25, 0.3) is 5.97 Å². The van der Waals surface area contributed by atoms with Gasteiger partial charge in [-0.15, -0.1) is 0 Å². The molecule has 8 heteroatoms. The molecule has 0 radical (unpaired) electrons. The van der Waals surface area contributed by atoms with E-state index in [1.165, 1.54) is 0 Å². The Morgan fingerprint density at radius 1 is 1.12 bits per heavy atom. The predicted octanol–water partition coefficient (Wildman–Crippen LogP) is -3.53. The van der Waals surface area contributed by atoms with Crippen LogP contribution in [-0.2, 0) is 4.79 Å². The van der Waals surface area contributed by atoms with E-state index in [0.717, 1.165) is 6.92 Å². The van der Waals surface area contributed by atoms with Crippen molar-refractivity contribution in [2.45, 2.75) is 31.3 Å². The largest absolute Gasteiger partial charge is 0.481 e. The summed E-state index contributed by atoms with van der Waals surface area (Å²) in [6, 6.07) is 0. The molecule has 0 saturated carbocycles. The monoisotopic (exact) mass is 241 g/mol. The molecule has 0 unspecified atom stereocenters. The number of rotatable bonds is 5. The van der Waals surface area contributed by atoms with Gasteiger partial charge in [-0.1, -0.05) is 0 Å². The molecule has 0 aliphatic heterocycles. The van der Waals surface area contributed by atoms with Gasteiger partial charge in [0.15, 0.2) is 0 Å². The molecule has 0 aliphatic carbocycles. The quantitative estimate of drug-likeness (QED) is 0.260. The predicted molar refractivity (Wildman–Crippen MR) is 53.5 cm³/mol. The van der Waals surface area contributed by atoms with Gasteiger partial charge < -0.3 is 36.4 Å². The number of hydrogen-bond acceptors (Lipinski definition) is 7. The van der Waals surface area contributed by atoms with Crippen LogP contribution in [-0.4, -0.2) is 74.2 Å². The van der Waals surface area contributed by atoms with Gasteiger partial charge in [-0.25, -0.2) is 0 Å². The summed E-state index contributed by atoms with van der Waals surface area (Å²) in [7, 11) is 0. The minimum atomic E-state index is -1.59. The molecule has 0 heterocycles. The SMILES string of the molecule is CC(=O)O.NC[C@H](O)[C@@H](O)[C@H](O)[C@H](O)CO. The van der Waals surface area contributed by atoms with Gasteiger partial charge in [-0.2, -0.15) is 0 Å². The van der Waals surface area contributed by atoms with E-state index in [2.05, 4.69) is 0 Å². The van der Waals surface area contributed by atoms with Crippen molar-refractivity contribution in [2.24, 2.45) is 5.73 Å². The van der Waals surface area contributed by atoms with E-state index in [9.17, 15) is 0 Å². The zero-order valence-corrected chi connectivity index (χ0v) is 8.89. The van der Waals surface area contributed by atoms with Crippen molar-refractivity contribution in [3.63, 3.8) is 0 Å². The lowest BCUT2D eigenvalue weighted by Crippen LogP contribution is -2.48. The third-order valence-corrected chi connectivity index (χ3v) is 1.57. The van der Waals surface area contributed by atoms with Crippen molar-refractivity contribution in [3.8, 4) is 0 Å². The highest BCUT2D eigenvalue weighted by atomic mass is 16.4. The molecular formula is C8H19NO7. The van der Waals surface area contributed by atoms with Crippen LogP contribution in [0.4, 0.5) is 0 Å². The van der Waals surface area contributed by atoms with Crippen LogP contribution >= 0.6 is 0 Å². The average molecular weight is 241 g/mol. The lowest BCUT2D eigenvalue weighted by Gasteiger charge is -2.24. The maximum absolute atomic E-state index is 9.04. The van der Waals surface area contributed by atoms with Crippen LogP contribution in [0.25, 0.3) is 0 Å². The van der Waals surface area contributed by atoms with Crippen molar-refractivity contribution in [2.75, 3.05) is 13.2 Å². The summed E-state index contributed by atoms with van der Waals surface area (Å²) in [5.41, 5.74) is 4.99. The lowest BCUT2D eigenvalue weighted by atomic mass is 10.0. The Bertz CT molecular complexity index is 171. The summed E-state index contributed by atoms with van der Waals surface area (Å²) in [6.45, 7) is 0.173. The fourth-order valence-electron chi connectivity index (χ4n) is 0.703. The molecule has 98 valence electrons. The molecule has 0 bridgehead atoms. The number of carbonyl (C=O) groups is 1. The van der Waals surface area contributed by atoms with Crippen LogP contribution in [0.3, 0.4) is 0 Å². The second-order valence-corrected chi connectivity index (χ2v) is 3.05. The highest BCUT2D eigenvalue weighted by molar-refractivity contribution is 5.62. The zero-order chi connectivity index (χ0) is 13.3. The summed E-state index contributed by atoms with van der Waals surface area (Å²) < 4.78 is 0. The fourth-order valence-corrected chi connectivity index (χ4v) is 0.703. The van der Waals surface area contributed by atoms with Gasteiger partial charge in [0.05, 0.1) is 12.7 Å². The maximum Gasteiger partial charge on any atom is 0.300 e. The molecule has 0 spiro atoms. The first-order valence-corrected chi connectivity index (χ1v) is 4.50. The topological polar surface area (TPSA) is 164 Å². The Kier molecular flexibility index (Phi) is 10.4. The lowest BCUT2D eigenvalue weighted by molar-refractivity contribution is -0.134. The highest BCUT2D eigenvalue weighted by Gasteiger charge is 2.28. The van der Waals surface area contributed by atoms with Gasteiger partial charge in [0.2, 0.25) is 0 Å². The third kappa shape index (κ3) is 8.53. The van der Waals surface area contributed by atoms with Crippen molar-refractivity contribution in [1.29, 1.82) is 0 Å². The molecule has 0 aliphatic rings. The molecule has 8 nitrogen and oxygen atoms in total. The van der Waals surface area contributed by atoms with E-state index < -0.39 is 37.0 Å². The van der Waals surface area contributed by atoms with Gasteiger partial charge >= 0.3 is 0 Å². The smallest absolute Gasteiger partial charge is 0.300 e. The van der Waals surface area contributed by atoms with Crippen molar-refractivity contribution in [1.82, 2.24) is 0 Å². The number of carboxylic acid groups (broad SMARTS) is 1. The molecule has 0 aromatic carbocycles. The number of aliphatic hydroxyl groups is 5. The first-order valence-electron chi connectivity index (χ1n) is 4.50. The molecule has 4 atom stereocenters. The van der Waals surface area contributed by atoms with Crippen molar-refractivity contribution < 1.29 is 35.4 Å². The van der Waals surface area contributed by atoms with E-state index in [-0.39, 0.29) is 6.54 Å². The molecule has 0 aromatic rings. The Balaban J connectivity index is 0. The number of aliphatic carboxylic acids is 1. The van der Waals surface area contributed by atoms with E-state index in [1.54, 1.807) is 0 Å². The second-order valence-electron chi connectivity index (χ2n) is 3.05. The Labute approximate surface area is 92.6 Å². The Hall–Kier alpha value is -0.770. The van der Waals surface area contributed by atoms with Crippen LogP contribution in [0.2, 0.25) is 0 Å². The van der Waals surface area contributed by atoms with Gasteiger partial charge in [-0.3, -0.25) is 4.79 Å². The number of hydrogen-bond donors (Lipinski definition) is 7. The zero-order valence-electron chi connectivity index (χ0n) is 8.89. The number of aliphatic hydroxyl groups excluding tert-OH is 5. The molecule has 0 aromatic heterocycles. The van der Waals surface area contributed by atoms with E-state index >= 15 is 0 Å². The maximum atomic E-state index is 9.04. The Morgan fingerprint density at radius 2 is 1.44 bits per heavy atom. The first kappa shape index (κ1) is 17.6. The van der Waals surface area contributed by atoms with Gasteiger partial charge in [0.1, 0.15) is 18.3 Å². The fraction of sp³-hybridized carbons (Fsp3) is 0.875. The van der Waals surface area contributed by atoms with Gasteiger partial charge in [-0.05, 0) is 0 Å². The molecule has 0 fully saturated rings. The van der Waals surface area contributed by atoms with Crippen LogP contribution in [0.5, 0.6) is 0 Å². The minimum absolute atomic E-state index is 0.226. The Morgan fingerprint density at radius 3 is 1.69 bits per heavy atom. The molecule has 0 amide bonds. The van der Waals surface area contributed by atoms with Crippen LogP contribution in [0.1, 0.15) is 6.92 Å². The summed E-state index contributed by atoms with van der Waals surface area (Å²) in [5, 5.41) is 51.6. The summed E-state index contributed by atoms with van der Waals surface area (Å²) >= 11 is 0. The van der Waals surface area contributed by atoms with E-state index in [0.29, 0.717) is 0 Å². The molecule has 0 saturated heterocycles. The van der Waals surface area contributed by atoms with Crippen LogP contribution in [0.15, 0.2) is 0 Å². The standard InChI is InChI=1S/C6H15NO5.C2H4O2/c7-1-3(9)5(11)6(12)4(10)2-8;1-2(3)4/h3-6,8-12H,1-2,7H2;1H3,(H,3,4)/t3-,4+,5+,6+;/m0./s1. The molecule has 16 heavy (non-hydrogen) atoms. The van der Waals surface area contributed by atoms with Gasteiger partial charge in [0, 0.05) is 13.5 Å². The normalized spacial score (nSPS) is 17.7. The van der Waals surface area contributed by atoms with Crippen molar-refractivity contribution >= 4 is 5.97 Å². The van der Waals surface area contributed by atoms with Crippen LogP contribution < -0.4 is 5.73 Å². The number of nitrogens with two attached hydrogens (primary N) is 1. The highest BCUT2D eigenvalue weighted by Crippen LogP contribution is 2.03. The van der Waals surface area contributed by atoms with Crippen molar-refractivity contribution in [3.05, 3.63) is 0 Å². The first-order chi connectivity index (χ1) is 7.27. The van der Waals surface area contributed by atoms with E-state index in [1.807, 2.05) is 0 Å². The minimum Gasteiger partial charge on any atom is -0.481 e. The molecule has 0 rings (SSSR count). The van der Waals surface area contributed by atoms with Crippen LogP contribution in [0, 0.1) is 0 Å². The van der Waals surface area contributed by atoms with E-state index in [4.69, 9.17) is 41.2 Å². The third-order valence-electron chi connectivity index (χ3n) is 1.57. The summed E-state index contributed by atoms with van der Waals surface area (Å²) in [4.78, 5) is 9.00. The molecule has 8 N–H and O–H groups in total.